The summed E-state index contributed by atoms with van der Waals surface area (Å²) in [5.41, 5.74) is 4.57. The van der Waals surface area contributed by atoms with E-state index in [0.717, 1.165) is 6.20 Å². The monoisotopic (exact) mass is 324 g/mol. The van der Waals surface area contributed by atoms with E-state index in [1.54, 1.807) is 20.8 Å². The number of carbonyl (C=O) groups is 2. The molecule has 1 aromatic rings. The van der Waals surface area contributed by atoms with Crippen LogP contribution in [-0.2, 0) is 9.53 Å². The van der Waals surface area contributed by atoms with Gasteiger partial charge in [-0.25, -0.2) is 14.2 Å². The normalized spacial score (nSPS) is 17.7. The largest absolute Gasteiger partial charge is 0.444 e. The number of hydrogen-bond donors (Lipinski definition) is 2. The van der Waals surface area contributed by atoms with Crippen LogP contribution in [0.15, 0.2) is 18.3 Å². The minimum atomic E-state index is -0.562. The summed E-state index contributed by atoms with van der Waals surface area (Å²) >= 11 is 0. The number of nitrogens with zero attached hydrogens (tertiary/aromatic N) is 2. The summed E-state index contributed by atoms with van der Waals surface area (Å²) in [4.78, 5) is 29.3. The van der Waals surface area contributed by atoms with E-state index in [9.17, 15) is 14.0 Å². The maximum atomic E-state index is 12.7. The second kappa shape index (κ2) is 6.80. The van der Waals surface area contributed by atoms with Crippen LogP contribution < -0.4 is 10.9 Å². The molecule has 0 unspecified atom stereocenters. The first-order chi connectivity index (χ1) is 10.7. The van der Waals surface area contributed by atoms with Crippen LogP contribution in [0.4, 0.5) is 15.0 Å². The molecule has 0 saturated carbocycles. The molecule has 2 N–H and O–H groups in total. The predicted molar refractivity (Wildman–Crippen MR) is 81.9 cm³/mol. The maximum Gasteiger partial charge on any atom is 0.410 e. The minimum absolute atomic E-state index is 0.248. The van der Waals surface area contributed by atoms with Crippen molar-refractivity contribution in [1.82, 2.24) is 15.3 Å². The van der Waals surface area contributed by atoms with Crippen molar-refractivity contribution in [2.24, 2.45) is 5.92 Å². The number of rotatable bonds is 3. The number of nitrogens with one attached hydrogen (secondary N) is 2. The Kier molecular flexibility index (Phi) is 5.02. The Morgan fingerprint density at radius 1 is 1.39 bits per heavy atom. The number of amides is 2. The number of aromatic nitrogens is 1. The third kappa shape index (κ3) is 5.08. The molecule has 1 aliphatic rings. The number of pyridine rings is 1. The van der Waals surface area contributed by atoms with Gasteiger partial charge < -0.3 is 9.64 Å². The molecule has 8 heteroatoms. The van der Waals surface area contributed by atoms with Gasteiger partial charge in [-0.1, -0.05) is 0 Å². The van der Waals surface area contributed by atoms with Gasteiger partial charge in [-0.3, -0.25) is 15.6 Å². The lowest BCUT2D eigenvalue weighted by Gasteiger charge is -2.24. The summed E-state index contributed by atoms with van der Waals surface area (Å²) in [7, 11) is 0. The first-order valence-corrected chi connectivity index (χ1v) is 7.40. The standard InChI is InChI=1S/C15H21FN4O3/c1-15(2,3)23-14(22)20-7-6-10(9-20)13(21)19-18-12-5-4-11(16)8-17-12/h4-5,8,10H,6-7,9H2,1-3H3,(H,17,18)(H,19,21)/t10-/m1/s1. The molecule has 1 aliphatic heterocycles. The Morgan fingerprint density at radius 3 is 2.74 bits per heavy atom. The number of likely N-dealkylation sites (tertiary alicyclic amines) is 1. The van der Waals surface area contributed by atoms with Gasteiger partial charge in [0.25, 0.3) is 0 Å². The molecular formula is C15H21FN4O3. The highest BCUT2D eigenvalue weighted by Crippen LogP contribution is 2.19. The molecule has 1 atom stereocenters. The van der Waals surface area contributed by atoms with E-state index in [4.69, 9.17) is 4.74 Å². The van der Waals surface area contributed by atoms with Gasteiger partial charge in [0.1, 0.15) is 17.2 Å². The van der Waals surface area contributed by atoms with E-state index in [2.05, 4.69) is 15.8 Å². The van der Waals surface area contributed by atoms with Gasteiger partial charge >= 0.3 is 6.09 Å². The van der Waals surface area contributed by atoms with Crippen molar-refractivity contribution < 1.29 is 18.7 Å². The molecule has 0 radical (unpaired) electrons. The molecule has 2 amide bonds. The Bertz CT molecular complexity index is 571. The van der Waals surface area contributed by atoms with Gasteiger partial charge in [0, 0.05) is 13.1 Å². The van der Waals surface area contributed by atoms with Gasteiger partial charge in [0.05, 0.1) is 12.1 Å². The number of hydrogen-bond acceptors (Lipinski definition) is 5. The average Bonchev–Trinajstić information content (AvgIpc) is 2.94. The molecule has 0 bridgehead atoms. The Hall–Kier alpha value is -2.38. The lowest BCUT2D eigenvalue weighted by Crippen LogP contribution is -2.39. The first-order valence-electron chi connectivity index (χ1n) is 7.40. The third-order valence-corrected chi connectivity index (χ3v) is 3.25. The quantitative estimate of drug-likeness (QED) is 0.830. The van der Waals surface area contributed by atoms with Crippen LogP contribution in [0.25, 0.3) is 0 Å². The molecule has 1 aromatic heterocycles. The fourth-order valence-electron chi connectivity index (χ4n) is 2.14. The van der Waals surface area contributed by atoms with Gasteiger partial charge in [-0.2, -0.15) is 0 Å². The fraction of sp³-hybridized carbons (Fsp3) is 0.533. The van der Waals surface area contributed by atoms with E-state index in [-0.39, 0.29) is 11.8 Å². The summed E-state index contributed by atoms with van der Waals surface area (Å²) in [6.45, 7) is 6.17. The highest BCUT2D eigenvalue weighted by molar-refractivity contribution is 5.81. The van der Waals surface area contributed by atoms with E-state index < -0.39 is 17.5 Å². The molecular weight excluding hydrogens is 303 g/mol. The predicted octanol–water partition coefficient (Wildman–Crippen LogP) is 1.92. The molecule has 0 aromatic carbocycles. The number of carbonyl (C=O) groups excluding carboxylic acids is 2. The molecule has 0 aliphatic carbocycles. The van der Waals surface area contributed by atoms with E-state index in [1.165, 1.54) is 17.0 Å². The lowest BCUT2D eigenvalue weighted by atomic mass is 10.1. The highest BCUT2D eigenvalue weighted by atomic mass is 19.1. The molecule has 7 nitrogen and oxygen atoms in total. The van der Waals surface area contributed by atoms with Crippen LogP contribution in [0.5, 0.6) is 0 Å². The molecule has 0 spiro atoms. The smallest absolute Gasteiger partial charge is 0.410 e. The topological polar surface area (TPSA) is 83.6 Å². The Morgan fingerprint density at radius 2 is 2.13 bits per heavy atom. The van der Waals surface area contributed by atoms with E-state index in [0.29, 0.717) is 25.3 Å². The van der Waals surface area contributed by atoms with Crippen molar-refractivity contribution in [2.45, 2.75) is 32.8 Å². The van der Waals surface area contributed by atoms with Crippen LogP contribution in [0.2, 0.25) is 0 Å². The van der Waals surface area contributed by atoms with Crippen molar-refractivity contribution in [2.75, 3.05) is 18.5 Å². The second-order valence-electron chi connectivity index (χ2n) is 6.39. The van der Waals surface area contributed by atoms with Gasteiger partial charge in [0.2, 0.25) is 5.91 Å². The Balaban J connectivity index is 1.80. The van der Waals surface area contributed by atoms with Crippen LogP contribution >= 0.6 is 0 Å². The number of ether oxygens (including phenoxy) is 1. The molecule has 1 fully saturated rings. The van der Waals surface area contributed by atoms with Crippen molar-refractivity contribution in [3.05, 3.63) is 24.1 Å². The van der Waals surface area contributed by atoms with E-state index >= 15 is 0 Å². The summed E-state index contributed by atoms with van der Waals surface area (Å²) in [5, 5.41) is 0. The second-order valence-corrected chi connectivity index (χ2v) is 6.39. The number of halogens is 1. The first kappa shape index (κ1) is 17.0. The van der Waals surface area contributed by atoms with Crippen LogP contribution in [0.3, 0.4) is 0 Å². The highest BCUT2D eigenvalue weighted by Gasteiger charge is 2.33. The summed E-state index contributed by atoms with van der Waals surface area (Å²) in [5.74, 6) is -0.690. The van der Waals surface area contributed by atoms with Gasteiger partial charge in [-0.15, -0.1) is 0 Å². The molecule has 126 valence electrons. The van der Waals surface area contributed by atoms with Gasteiger partial charge in [-0.05, 0) is 39.3 Å². The summed E-state index contributed by atoms with van der Waals surface area (Å²) in [6.07, 6.45) is 1.19. The zero-order valence-corrected chi connectivity index (χ0v) is 13.4. The van der Waals surface area contributed by atoms with Crippen molar-refractivity contribution in [1.29, 1.82) is 0 Å². The van der Waals surface area contributed by atoms with Crippen molar-refractivity contribution in [3.63, 3.8) is 0 Å². The van der Waals surface area contributed by atoms with Crippen molar-refractivity contribution >= 4 is 17.8 Å². The molecule has 23 heavy (non-hydrogen) atoms. The van der Waals surface area contributed by atoms with E-state index in [1.807, 2.05) is 0 Å². The zero-order valence-electron chi connectivity index (χ0n) is 13.4. The zero-order chi connectivity index (χ0) is 17.0. The molecule has 2 rings (SSSR count). The maximum absolute atomic E-state index is 12.7. The Labute approximate surface area is 134 Å². The van der Waals surface area contributed by atoms with Gasteiger partial charge in [0.15, 0.2) is 0 Å². The van der Waals surface area contributed by atoms with Crippen LogP contribution in [-0.4, -0.2) is 40.6 Å². The van der Waals surface area contributed by atoms with Crippen molar-refractivity contribution in [3.8, 4) is 0 Å². The lowest BCUT2D eigenvalue weighted by molar-refractivity contribution is -0.124. The molecule has 2 heterocycles. The number of hydrazine groups is 1. The summed E-state index contributed by atoms with van der Waals surface area (Å²) in [6, 6.07) is 2.65. The van der Waals surface area contributed by atoms with Crippen LogP contribution in [0.1, 0.15) is 27.2 Å². The number of anilines is 1. The minimum Gasteiger partial charge on any atom is -0.444 e. The average molecular weight is 324 g/mol. The molecule has 1 saturated heterocycles. The SMILES string of the molecule is CC(C)(C)OC(=O)N1CC[C@@H](C(=O)NNc2ccc(F)cn2)C1. The fourth-order valence-corrected chi connectivity index (χ4v) is 2.14. The summed E-state index contributed by atoms with van der Waals surface area (Å²) < 4.78 is 18.0. The van der Waals surface area contributed by atoms with Crippen LogP contribution in [0, 0.1) is 11.7 Å². The third-order valence-electron chi connectivity index (χ3n) is 3.25.